The van der Waals surface area contributed by atoms with Gasteiger partial charge >= 0.3 is 0 Å². The molecule has 0 unspecified atom stereocenters. The Morgan fingerprint density at radius 3 is 3.00 bits per heavy atom. The van der Waals surface area contributed by atoms with E-state index in [1.807, 2.05) is 25.3 Å². The molecule has 0 spiro atoms. The van der Waals surface area contributed by atoms with Crippen LogP contribution in [0.4, 0.5) is 0 Å². The molecule has 0 aromatic carbocycles. The Kier molecular flexibility index (Phi) is 1.83. The fraction of sp³-hybridized carbons (Fsp3) is 0.375. The molecule has 0 saturated carbocycles. The van der Waals surface area contributed by atoms with Crippen LogP contribution in [0, 0.1) is 5.92 Å². The summed E-state index contributed by atoms with van der Waals surface area (Å²) in [6.07, 6.45) is 7.95. The number of nitrogens with zero attached hydrogens (tertiary/aromatic N) is 1. The minimum Gasteiger partial charge on any atom is -0.265 e. The van der Waals surface area contributed by atoms with Crippen molar-refractivity contribution in [1.29, 1.82) is 0 Å². The fourth-order valence-corrected chi connectivity index (χ4v) is 0.698. The van der Waals surface area contributed by atoms with Gasteiger partial charge in [-0.25, -0.2) is 0 Å². The van der Waals surface area contributed by atoms with Crippen molar-refractivity contribution in [2.75, 3.05) is 0 Å². The summed E-state index contributed by atoms with van der Waals surface area (Å²) in [5.41, 5.74) is 1.18. The lowest BCUT2D eigenvalue weighted by Crippen LogP contribution is -2.01. The quantitative estimate of drug-likeness (QED) is 0.465. The third-order valence-corrected chi connectivity index (χ3v) is 1.53. The van der Waals surface area contributed by atoms with Crippen molar-refractivity contribution in [3.63, 3.8) is 0 Å². The van der Waals surface area contributed by atoms with Gasteiger partial charge in [-0.05, 0) is 13.0 Å². The van der Waals surface area contributed by atoms with Gasteiger partial charge in [0.15, 0.2) is 0 Å². The highest BCUT2D eigenvalue weighted by molar-refractivity contribution is 5.86. The van der Waals surface area contributed by atoms with Crippen LogP contribution in [0.2, 0.25) is 0 Å². The van der Waals surface area contributed by atoms with Crippen LogP contribution < -0.4 is 0 Å². The Bertz CT molecular complexity index is 175. The van der Waals surface area contributed by atoms with E-state index in [2.05, 4.69) is 18.0 Å². The first-order valence-electron chi connectivity index (χ1n) is 3.18. The van der Waals surface area contributed by atoms with Crippen LogP contribution in [-0.2, 0) is 0 Å². The molecule has 0 aromatic rings. The van der Waals surface area contributed by atoms with Gasteiger partial charge in [0, 0.05) is 17.8 Å². The molecule has 9 heavy (non-hydrogen) atoms. The fourth-order valence-electron chi connectivity index (χ4n) is 0.698. The van der Waals surface area contributed by atoms with Crippen LogP contribution in [0.1, 0.15) is 13.8 Å². The molecule has 0 N–H and O–H groups in total. The van der Waals surface area contributed by atoms with E-state index in [1.54, 1.807) is 0 Å². The normalized spacial score (nSPS) is 25.6. The molecule has 1 aliphatic rings. The van der Waals surface area contributed by atoms with Crippen LogP contribution in [0.3, 0.4) is 0 Å². The molecular weight excluding hydrogens is 110 g/mol. The molecule has 0 bridgehead atoms. The topological polar surface area (TPSA) is 12.4 Å². The van der Waals surface area contributed by atoms with Gasteiger partial charge in [0.25, 0.3) is 0 Å². The molecular formula is C8H11N. The number of aliphatic imine (C=N–C) groups is 1. The van der Waals surface area contributed by atoms with Gasteiger partial charge in [0.2, 0.25) is 0 Å². The molecule has 0 aliphatic carbocycles. The zero-order valence-electron chi connectivity index (χ0n) is 5.83. The summed E-state index contributed by atoms with van der Waals surface area (Å²) in [6, 6.07) is 0. The first kappa shape index (κ1) is 6.27. The average molecular weight is 121 g/mol. The first-order valence-corrected chi connectivity index (χ1v) is 3.18. The van der Waals surface area contributed by atoms with Gasteiger partial charge in [-0.1, -0.05) is 19.1 Å². The molecule has 1 rings (SSSR count). The van der Waals surface area contributed by atoms with Crippen LogP contribution in [0.25, 0.3) is 0 Å². The highest BCUT2D eigenvalue weighted by Crippen LogP contribution is 2.04. The largest absolute Gasteiger partial charge is 0.265 e. The molecule has 1 atom stereocenters. The van der Waals surface area contributed by atoms with E-state index < -0.39 is 0 Å². The third-order valence-electron chi connectivity index (χ3n) is 1.53. The molecule has 0 fully saturated rings. The SMILES string of the molecule is CC1=NC=CC=C[C@@H]1C. The van der Waals surface area contributed by atoms with E-state index in [0.29, 0.717) is 5.92 Å². The summed E-state index contributed by atoms with van der Waals surface area (Å²) in [4.78, 5) is 4.18. The molecule has 0 amide bonds. The number of rotatable bonds is 0. The minimum absolute atomic E-state index is 0.500. The van der Waals surface area contributed by atoms with Gasteiger partial charge in [-0.2, -0.15) is 0 Å². The van der Waals surface area contributed by atoms with Gasteiger partial charge in [-0.15, -0.1) is 0 Å². The molecule has 0 saturated heterocycles. The second-order valence-electron chi connectivity index (χ2n) is 2.29. The molecule has 1 heteroatoms. The van der Waals surface area contributed by atoms with E-state index in [4.69, 9.17) is 0 Å². The maximum absolute atomic E-state index is 4.18. The van der Waals surface area contributed by atoms with E-state index in [1.165, 1.54) is 5.71 Å². The molecule has 1 heterocycles. The maximum Gasteiger partial charge on any atom is 0.0267 e. The zero-order chi connectivity index (χ0) is 6.69. The summed E-state index contributed by atoms with van der Waals surface area (Å²) in [7, 11) is 0. The lowest BCUT2D eigenvalue weighted by Gasteiger charge is -2.00. The Morgan fingerprint density at radius 2 is 2.22 bits per heavy atom. The average Bonchev–Trinajstić information content (AvgIpc) is 1.99. The number of hydrogen-bond acceptors (Lipinski definition) is 1. The van der Waals surface area contributed by atoms with Crippen LogP contribution >= 0.6 is 0 Å². The zero-order valence-corrected chi connectivity index (χ0v) is 5.83. The van der Waals surface area contributed by atoms with Crippen molar-refractivity contribution in [1.82, 2.24) is 0 Å². The third kappa shape index (κ3) is 1.53. The maximum atomic E-state index is 4.18. The molecule has 0 aromatic heterocycles. The van der Waals surface area contributed by atoms with Crippen LogP contribution in [0.5, 0.6) is 0 Å². The van der Waals surface area contributed by atoms with E-state index in [0.717, 1.165) is 0 Å². The second-order valence-corrected chi connectivity index (χ2v) is 2.29. The highest BCUT2D eigenvalue weighted by atomic mass is 14.7. The summed E-state index contributed by atoms with van der Waals surface area (Å²) >= 11 is 0. The first-order chi connectivity index (χ1) is 4.30. The lowest BCUT2D eigenvalue weighted by molar-refractivity contribution is 0.992. The lowest BCUT2D eigenvalue weighted by atomic mass is 10.1. The minimum atomic E-state index is 0.500. The van der Waals surface area contributed by atoms with Gasteiger partial charge in [0.1, 0.15) is 0 Å². The second kappa shape index (κ2) is 2.62. The van der Waals surface area contributed by atoms with Crippen LogP contribution in [-0.4, -0.2) is 5.71 Å². The van der Waals surface area contributed by atoms with E-state index >= 15 is 0 Å². The van der Waals surface area contributed by atoms with Crippen molar-refractivity contribution < 1.29 is 0 Å². The number of hydrogen-bond donors (Lipinski definition) is 0. The number of allylic oxidation sites excluding steroid dienone is 3. The Hall–Kier alpha value is -0.850. The predicted molar refractivity (Wildman–Crippen MR) is 40.6 cm³/mol. The van der Waals surface area contributed by atoms with Crippen molar-refractivity contribution in [2.45, 2.75) is 13.8 Å². The van der Waals surface area contributed by atoms with Gasteiger partial charge < -0.3 is 0 Å². The Balaban J connectivity index is 2.80. The summed E-state index contributed by atoms with van der Waals surface area (Å²) < 4.78 is 0. The van der Waals surface area contributed by atoms with Crippen molar-refractivity contribution in [2.24, 2.45) is 10.9 Å². The summed E-state index contributed by atoms with van der Waals surface area (Å²) in [5, 5.41) is 0. The van der Waals surface area contributed by atoms with E-state index in [-0.39, 0.29) is 0 Å². The summed E-state index contributed by atoms with van der Waals surface area (Å²) in [6.45, 7) is 4.19. The summed E-state index contributed by atoms with van der Waals surface area (Å²) in [5.74, 6) is 0.500. The van der Waals surface area contributed by atoms with Crippen molar-refractivity contribution >= 4 is 5.71 Å². The van der Waals surface area contributed by atoms with Crippen molar-refractivity contribution in [3.05, 3.63) is 24.4 Å². The smallest absolute Gasteiger partial charge is 0.0267 e. The van der Waals surface area contributed by atoms with E-state index in [9.17, 15) is 0 Å². The monoisotopic (exact) mass is 121 g/mol. The standard InChI is InChI=1S/C8H11N/c1-7-5-3-4-6-9-8(7)2/h3-7H,1-2H3/t7-/m0/s1. The Morgan fingerprint density at radius 1 is 1.44 bits per heavy atom. The van der Waals surface area contributed by atoms with Gasteiger partial charge in [-0.3, -0.25) is 4.99 Å². The Labute approximate surface area is 55.8 Å². The van der Waals surface area contributed by atoms with Crippen molar-refractivity contribution in [3.8, 4) is 0 Å². The highest BCUT2D eigenvalue weighted by Gasteiger charge is 1.99. The molecule has 1 aliphatic heterocycles. The molecule has 0 radical (unpaired) electrons. The van der Waals surface area contributed by atoms with Crippen LogP contribution in [0.15, 0.2) is 29.4 Å². The van der Waals surface area contributed by atoms with Gasteiger partial charge in [0.05, 0.1) is 0 Å². The molecule has 1 nitrogen and oxygen atoms in total. The molecule has 48 valence electrons. The predicted octanol–water partition coefficient (Wildman–Crippen LogP) is 2.17.